The molecule has 0 aliphatic rings. The summed E-state index contributed by atoms with van der Waals surface area (Å²) in [5.41, 5.74) is 0.749. The average molecular weight is 378 g/mol. The van der Waals surface area contributed by atoms with Gasteiger partial charge in [0.15, 0.2) is 0 Å². The number of nitrogens with zero attached hydrogens (tertiary/aromatic N) is 2. The van der Waals surface area contributed by atoms with E-state index in [0.717, 1.165) is 12.0 Å². The Kier molecular flexibility index (Phi) is 5.46. The molecular formula is C18H17Cl2N3O2. The summed E-state index contributed by atoms with van der Waals surface area (Å²) in [6.45, 7) is 2.65. The Hall–Kier alpha value is -2.24. The minimum atomic E-state index is -0.193. The van der Waals surface area contributed by atoms with Crippen molar-refractivity contribution in [2.75, 3.05) is 0 Å². The van der Waals surface area contributed by atoms with Gasteiger partial charge in [0.05, 0.1) is 5.02 Å². The van der Waals surface area contributed by atoms with Crippen LogP contribution in [0.2, 0.25) is 10.0 Å². The zero-order chi connectivity index (χ0) is 17.8. The summed E-state index contributed by atoms with van der Waals surface area (Å²) in [6, 6.07) is 12.6. The van der Waals surface area contributed by atoms with Crippen LogP contribution < -0.4 is 10.4 Å². The highest BCUT2D eigenvalue weighted by atomic mass is 35.5. The Labute approximate surface area is 155 Å². The molecule has 5 nitrogen and oxygen atoms in total. The largest absolute Gasteiger partial charge is 0.456 e. The summed E-state index contributed by atoms with van der Waals surface area (Å²) in [4.78, 5) is 11.8. The molecule has 0 fully saturated rings. The number of nitrogens with one attached hydrogen (secondary N) is 1. The Morgan fingerprint density at radius 1 is 1.20 bits per heavy atom. The molecule has 0 atom stereocenters. The standard InChI is InChI=1S/C18H17Cl2N3O2/c1-2-8-23-17(21-22-18(23)24)10-12-6-7-15(20)16(9-12)25-14-5-3-4-13(19)11-14/h3-7,9,11H,2,8,10H2,1H3,(H,22,24). The molecule has 0 aliphatic heterocycles. The zero-order valence-electron chi connectivity index (χ0n) is 13.6. The topological polar surface area (TPSA) is 59.9 Å². The van der Waals surface area contributed by atoms with Gasteiger partial charge in [-0.1, -0.05) is 42.3 Å². The normalized spacial score (nSPS) is 10.8. The number of benzene rings is 2. The SMILES string of the molecule is CCCn1c(Cc2ccc(Cl)c(Oc3cccc(Cl)c3)c2)n[nH]c1=O. The van der Waals surface area contributed by atoms with Gasteiger partial charge in [-0.05, 0) is 42.3 Å². The van der Waals surface area contributed by atoms with E-state index < -0.39 is 0 Å². The van der Waals surface area contributed by atoms with Gasteiger partial charge in [-0.15, -0.1) is 0 Å². The van der Waals surface area contributed by atoms with Crippen LogP contribution in [0, 0.1) is 0 Å². The molecule has 0 spiro atoms. The highest BCUT2D eigenvalue weighted by Gasteiger charge is 2.11. The third-order valence-corrected chi connectivity index (χ3v) is 4.21. The lowest BCUT2D eigenvalue weighted by Crippen LogP contribution is -2.18. The van der Waals surface area contributed by atoms with Crippen LogP contribution in [0.25, 0.3) is 0 Å². The second-order valence-corrected chi connectivity index (χ2v) is 6.44. The maximum atomic E-state index is 11.8. The summed E-state index contributed by atoms with van der Waals surface area (Å²) in [5, 5.41) is 7.70. The molecule has 2 aromatic carbocycles. The number of ether oxygens (including phenoxy) is 1. The third kappa shape index (κ3) is 4.24. The number of aromatic nitrogens is 3. The summed E-state index contributed by atoms with van der Waals surface area (Å²) < 4.78 is 7.48. The predicted octanol–water partition coefficient (Wildman–Crippen LogP) is 4.67. The molecule has 1 aromatic heterocycles. The van der Waals surface area contributed by atoms with Crippen LogP contribution in [0.5, 0.6) is 11.5 Å². The molecule has 7 heteroatoms. The summed E-state index contributed by atoms with van der Waals surface area (Å²) in [7, 11) is 0. The van der Waals surface area contributed by atoms with E-state index in [4.69, 9.17) is 27.9 Å². The lowest BCUT2D eigenvalue weighted by atomic mass is 10.1. The Balaban J connectivity index is 1.85. The van der Waals surface area contributed by atoms with E-state index in [9.17, 15) is 4.79 Å². The lowest BCUT2D eigenvalue weighted by Gasteiger charge is -2.10. The first-order valence-electron chi connectivity index (χ1n) is 7.92. The Morgan fingerprint density at radius 2 is 2.04 bits per heavy atom. The van der Waals surface area contributed by atoms with E-state index >= 15 is 0 Å². The Bertz CT molecular complexity index is 934. The van der Waals surface area contributed by atoms with Crippen LogP contribution in [-0.2, 0) is 13.0 Å². The van der Waals surface area contributed by atoms with Crippen LogP contribution >= 0.6 is 23.2 Å². The minimum absolute atomic E-state index is 0.193. The molecule has 0 bridgehead atoms. The fourth-order valence-electron chi connectivity index (χ4n) is 2.52. The van der Waals surface area contributed by atoms with Gasteiger partial charge < -0.3 is 4.74 Å². The first-order valence-corrected chi connectivity index (χ1v) is 8.68. The van der Waals surface area contributed by atoms with Gasteiger partial charge in [0.1, 0.15) is 17.3 Å². The number of hydrogen-bond donors (Lipinski definition) is 1. The van der Waals surface area contributed by atoms with Crippen LogP contribution in [0.1, 0.15) is 24.7 Å². The summed E-state index contributed by atoms with van der Waals surface area (Å²) in [6.07, 6.45) is 1.36. The second kappa shape index (κ2) is 7.76. The maximum absolute atomic E-state index is 11.8. The molecule has 3 aromatic rings. The molecule has 25 heavy (non-hydrogen) atoms. The van der Waals surface area contributed by atoms with E-state index in [1.165, 1.54) is 0 Å². The average Bonchev–Trinajstić information content (AvgIpc) is 2.92. The van der Waals surface area contributed by atoms with Crippen LogP contribution in [0.15, 0.2) is 47.3 Å². The lowest BCUT2D eigenvalue weighted by molar-refractivity contribution is 0.482. The van der Waals surface area contributed by atoms with Gasteiger partial charge in [0.2, 0.25) is 0 Å². The zero-order valence-corrected chi connectivity index (χ0v) is 15.1. The van der Waals surface area contributed by atoms with Gasteiger partial charge in [0, 0.05) is 18.0 Å². The molecular weight excluding hydrogens is 361 g/mol. The first-order chi connectivity index (χ1) is 12.1. The predicted molar refractivity (Wildman–Crippen MR) is 98.9 cm³/mol. The number of halogens is 2. The van der Waals surface area contributed by atoms with Crippen LogP contribution in [0.3, 0.4) is 0 Å². The van der Waals surface area contributed by atoms with Crippen molar-refractivity contribution in [3.63, 3.8) is 0 Å². The molecule has 3 rings (SSSR count). The summed E-state index contributed by atoms with van der Waals surface area (Å²) in [5.74, 6) is 1.82. The molecule has 0 saturated carbocycles. The van der Waals surface area contributed by atoms with Crippen molar-refractivity contribution in [2.24, 2.45) is 0 Å². The van der Waals surface area contributed by atoms with Gasteiger partial charge in [-0.3, -0.25) is 4.57 Å². The van der Waals surface area contributed by atoms with Crippen molar-refractivity contribution in [3.8, 4) is 11.5 Å². The van der Waals surface area contributed by atoms with Crippen LogP contribution in [0.4, 0.5) is 0 Å². The fourth-order valence-corrected chi connectivity index (χ4v) is 2.85. The maximum Gasteiger partial charge on any atom is 0.343 e. The number of rotatable bonds is 6. The molecule has 1 heterocycles. The monoisotopic (exact) mass is 377 g/mol. The molecule has 130 valence electrons. The highest BCUT2D eigenvalue weighted by Crippen LogP contribution is 2.31. The molecule has 0 radical (unpaired) electrons. The van der Waals surface area contributed by atoms with Crippen molar-refractivity contribution < 1.29 is 4.74 Å². The van der Waals surface area contributed by atoms with E-state index in [1.54, 1.807) is 22.8 Å². The van der Waals surface area contributed by atoms with Crippen molar-refractivity contribution in [3.05, 3.63) is 74.4 Å². The molecule has 0 aliphatic carbocycles. The number of aromatic amines is 1. The van der Waals surface area contributed by atoms with Gasteiger partial charge in [-0.25, -0.2) is 9.89 Å². The Morgan fingerprint density at radius 3 is 2.80 bits per heavy atom. The molecule has 0 unspecified atom stereocenters. The second-order valence-electron chi connectivity index (χ2n) is 5.60. The van der Waals surface area contributed by atoms with Crippen molar-refractivity contribution >= 4 is 23.2 Å². The first kappa shape index (κ1) is 17.6. The summed E-state index contributed by atoms with van der Waals surface area (Å²) >= 11 is 12.2. The van der Waals surface area contributed by atoms with E-state index in [0.29, 0.717) is 40.3 Å². The molecule has 0 amide bonds. The van der Waals surface area contributed by atoms with E-state index in [-0.39, 0.29) is 5.69 Å². The van der Waals surface area contributed by atoms with Crippen molar-refractivity contribution in [1.82, 2.24) is 14.8 Å². The highest BCUT2D eigenvalue weighted by molar-refractivity contribution is 6.32. The fraction of sp³-hybridized carbons (Fsp3) is 0.222. The number of hydrogen-bond acceptors (Lipinski definition) is 3. The van der Waals surface area contributed by atoms with Gasteiger partial charge in [0.25, 0.3) is 0 Å². The van der Waals surface area contributed by atoms with E-state index in [2.05, 4.69) is 10.2 Å². The quantitative estimate of drug-likeness (QED) is 0.678. The molecule has 0 saturated heterocycles. The van der Waals surface area contributed by atoms with Gasteiger partial charge >= 0.3 is 5.69 Å². The minimum Gasteiger partial charge on any atom is -0.456 e. The van der Waals surface area contributed by atoms with E-state index in [1.807, 2.05) is 31.2 Å². The number of H-pyrrole nitrogens is 1. The van der Waals surface area contributed by atoms with Crippen LogP contribution in [-0.4, -0.2) is 14.8 Å². The van der Waals surface area contributed by atoms with Crippen molar-refractivity contribution in [2.45, 2.75) is 26.3 Å². The smallest absolute Gasteiger partial charge is 0.343 e. The third-order valence-electron chi connectivity index (χ3n) is 3.67. The molecule has 1 N–H and O–H groups in total. The van der Waals surface area contributed by atoms with Crippen molar-refractivity contribution in [1.29, 1.82) is 0 Å². The van der Waals surface area contributed by atoms with Gasteiger partial charge in [-0.2, -0.15) is 5.10 Å².